The summed E-state index contributed by atoms with van der Waals surface area (Å²) < 4.78 is 5.57. The van der Waals surface area contributed by atoms with Gasteiger partial charge in [0.05, 0.1) is 6.21 Å². The number of amides is 1. The topological polar surface area (TPSA) is 50.7 Å². The molecule has 0 spiro atoms. The highest BCUT2D eigenvalue weighted by atomic mass is 35.5. The average Bonchev–Trinajstić information content (AvgIpc) is 2.49. The van der Waals surface area contributed by atoms with E-state index in [0.29, 0.717) is 10.8 Å². The molecule has 0 heterocycles. The van der Waals surface area contributed by atoms with Crippen molar-refractivity contribution >= 4 is 23.7 Å². The zero-order valence-corrected chi connectivity index (χ0v) is 13.2. The zero-order valence-electron chi connectivity index (χ0n) is 12.4. The van der Waals surface area contributed by atoms with Gasteiger partial charge in [-0.15, -0.1) is 0 Å². The Bertz CT molecular complexity index is 686. The molecule has 1 amide bonds. The van der Waals surface area contributed by atoms with Crippen LogP contribution in [0.15, 0.2) is 53.6 Å². The van der Waals surface area contributed by atoms with Gasteiger partial charge in [-0.1, -0.05) is 41.9 Å². The van der Waals surface area contributed by atoms with Crippen molar-refractivity contribution in [3.8, 4) is 5.75 Å². The fourth-order valence-corrected chi connectivity index (χ4v) is 1.97. The van der Waals surface area contributed by atoms with Gasteiger partial charge < -0.3 is 4.74 Å². The molecular formula is C17H17ClN2O2. The van der Waals surface area contributed by atoms with Gasteiger partial charge in [-0.25, -0.2) is 5.43 Å². The maximum Gasteiger partial charge on any atom is 0.280 e. The number of carbonyl (C=O) groups excluding carboxylic acids is 1. The summed E-state index contributed by atoms with van der Waals surface area (Å²) in [5, 5.41) is 4.47. The molecule has 0 fully saturated rings. The van der Waals surface area contributed by atoms with E-state index in [4.69, 9.17) is 16.3 Å². The van der Waals surface area contributed by atoms with Gasteiger partial charge >= 0.3 is 0 Å². The van der Waals surface area contributed by atoms with Gasteiger partial charge in [-0.3, -0.25) is 4.79 Å². The Labute approximate surface area is 134 Å². The van der Waals surface area contributed by atoms with Crippen molar-refractivity contribution in [1.29, 1.82) is 0 Å². The number of halogens is 1. The molecule has 0 saturated carbocycles. The van der Waals surface area contributed by atoms with E-state index in [1.165, 1.54) is 6.21 Å². The molecular weight excluding hydrogens is 300 g/mol. The minimum atomic E-state index is -0.648. The first kappa shape index (κ1) is 16.0. The fraction of sp³-hybridized carbons (Fsp3) is 0.176. The second kappa shape index (κ2) is 7.61. The predicted octanol–water partition coefficient (Wildman–Crippen LogP) is 3.57. The van der Waals surface area contributed by atoms with E-state index in [0.717, 1.165) is 11.1 Å². The van der Waals surface area contributed by atoms with E-state index in [-0.39, 0.29) is 5.91 Å². The van der Waals surface area contributed by atoms with Crippen molar-refractivity contribution in [3.63, 3.8) is 0 Å². The van der Waals surface area contributed by atoms with Crippen molar-refractivity contribution in [2.45, 2.75) is 20.0 Å². The molecule has 0 aliphatic carbocycles. The molecule has 0 bridgehead atoms. The number of hydrogen-bond donors (Lipinski definition) is 1. The number of carbonyl (C=O) groups is 1. The minimum Gasteiger partial charge on any atom is -0.481 e. The van der Waals surface area contributed by atoms with E-state index in [1.54, 1.807) is 13.0 Å². The van der Waals surface area contributed by atoms with Crippen LogP contribution in [0, 0.1) is 6.92 Å². The van der Waals surface area contributed by atoms with Crippen LogP contribution >= 0.6 is 11.6 Å². The first-order chi connectivity index (χ1) is 10.6. The predicted molar refractivity (Wildman–Crippen MR) is 88.5 cm³/mol. The lowest BCUT2D eigenvalue weighted by Crippen LogP contribution is -2.33. The summed E-state index contributed by atoms with van der Waals surface area (Å²) >= 11 is 6.00. The molecule has 2 aromatic rings. The van der Waals surface area contributed by atoms with Crippen LogP contribution < -0.4 is 10.2 Å². The summed E-state index contributed by atoms with van der Waals surface area (Å²) in [6.07, 6.45) is 0.852. The Morgan fingerprint density at radius 1 is 1.27 bits per heavy atom. The lowest BCUT2D eigenvalue weighted by Gasteiger charge is -2.13. The van der Waals surface area contributed by atoms with Crippen LogP contribution in [-0.2, 0) is 4.79 Å². The van der Waals surface area contributed by atoms with Crippen LogP contribution in [0.25, 0.3) is 0 Å². The Morgan fingerprint density at radius 2 is 2.05 bits per heavy atom. The van der Waals surface area contributed by atoms with Crippen molar-refractivity contribution in [3.05, 3.63) is 64.7 Å². The summed E-state index contributed by atoms with van der Waals surface area (Å²) in [6.45, 7) is 3.63. The Hall–Kier alpha value is -2.33. The van der Waals surface area contributed by atoms with Crippen molar-refractivity contribution in [2.75, 3.05) is 0 Å². The number of aryl methyl sites for hydroxylation is 1. The third-order valence-electron chi connectivity index (χ3n) is 2.96. The molecule has 0 radical (unpaired) electrons. The quantitative estimate of drug-likeness (QED) is 0.677. The number of hydrazone groups is 1. The largest absolute Gasteiger partial charge is 0.481 e. The molecule has 22 heavy (non-hydrogen) atoms. The lowest BCUT2D eigenvalue weighted by atomic mass is 10.2. The molecule has 1 N–H and O–H groups in total. The number of nitrogens with zero attached hydrogens (tertiary/aromatic N) is 1. The maximum absolute atomic E-state index is 11.9. The fourth-order valence-electron chi connectivity index (χ4n) is 1.78. The minimum absolute atomic E-state index is 0.329. The molecule has 1 atom stereocenters. The molecule has 2 aromatic carbocycles. The highest BCUT2D eigenvalue weighted by Gasteiger charge is 2.13. The first-order valence-electron chi connectivity index (χ1n) is 6.87. The number of benzene rings is 2. The summed E-state index contributed by atoms with van der Waals surface area (Å²) in [6, 6.07) is 14.8. The molecule has 0 unspecified atom stereocenters. The maximum atomic E-state index is 11.9. The van der Waals surface area contributed by atoms with Gasteiger partial charge in [0.2, 0.25) is 0 Å². The average molecular weight is 317 g/mol. The molecule has 0 aliphatic heterocycles. The van der Waals surface area contributed by atoms with Gasteiger partial charge in [0.15, 0.2) is 6.10 Å². The third-order valence-corrected chi connectivity index (χ3v) is 3.30. The van der Waals surface area contributed by atoms with E-state index in [9.17, 15) is 4.79 Å². The molecule has 0 aliphatic rings. The third kappa shape index (κ3) is 4.60. The summed E-state index contributed by atoms with van der Waals surface area (Å²) in [5.41, 5.74) is 4.24. The monoisotopic (exact) mass is 316 g/mol. The second-order valence-electron chi connectivity index (χ2n) is 4.83. The van der Waals surface area contributed by atoms with E-state index >= 15 is 0 Å². The first-order valence-corrected chi connectivity index (χ1v) is 7.25. The molecule has 114 valence electrons. The van der Waals surface area contributed by atoms with E-state index in [1.807, 2.05) is 49.4 Å². The number of rotatable bonds is 5. The Morgan fingerprint density at radius 3 is 2.77 bits per heavy atom. The highest BCUT2D eigenvalue weighted by Crippen LogP contribution is 2.14. The van der Waals surface area contributed by atoms with E-state index < -0.39 is 6.10 Å². The summed E-state index contributed by atoms with van der Waals surface area (Å²) in [4.78, 5) is 11.9. The van der Waals surface area contributed by atoms with Gasteiger partial charge in [-0.05, 0) is 37.6 Å². The molecule has 5 heteroatoms. The summed E-state index contributed by atoms with van der Waals surface area (Å²) in [5.74, 6) is 0.322. The number of ether oxygens (including phenoxy) is 1. The standard InChI is InChI=1S/C17H17ClN2O2/c1-12-6-5-8-15(10-12)22-13(2)17(21)20-19-11-14-7-3-4-9-16(14)18/h3-11,13H,1-2H3,(H,20,21)/b19-11+/t13-/m1/s1. The van der Waals surface area contributed by atoms with Crippen molar-refractivity contribution in [2.24, 2.45) is 5.10 Å². The zero-order chi connectivity index (χ0) is 15.9. The van der Waals surface area contributed by atoms with Gasteiger partial charge in [0, 0.05) is 10.6 Å². The van der Waals surface area contributed by atoms with Crippen molar-refractivity contribution < 1.29 is 9.53 Å². The molecule has 0 aromatic heterocycles. The van der Waals surface area contributed by atoms with Crippen molar-refractivity contribution in [1.82, 2.24) is 5.43 Å². The number of nitrogens with one attached hydrogen (secondary N) is 1. The number of hydrogen-bond acceptors (Lipinski definition) is 3. The second-order valence-corrected chi connectivity index (χ2v) is 5.24. The van der Waals surface area contributed by atoms with Gasteiger partial charge in [0.25, 0.3) is 5.91 Å². The molecule has 4 nitrogen and oxygen atoms in total. The van der Waals surface area contributed by atoms with Crippen LogP contribution in [0.5, 0.6) is 5.75 Å². The Kier molecular flexibility index (Phi) is 5.55. The smallest absolute Gasteiger partial charge is 0.280 e. The summed E-state index contributed by atoms with van der Waals surface area (Å²) in [7, 11) is 0. The normalized spacial score (nSPS) is 12.1. The van der Waals surface area contributed by atoms with E-state index in [2.05, 4.69) is 10.5 Å². The lowest BCUT2D eigenvalue weighted by molar-refractivity contribution is -0.127. The van der Waals surface area contributed by atoms with Crippen LogP contribution in [0.3, 0.4) is 0 Å². The Balaban J connectivity index is 1.90. The molecule has 2 rings (SSSR count). The van der Waals surface area contributed by atoms with Crippen LogP contribution in [0.1, 0.15) is 18.1 Å². The SMILES string of the molecule is Cc1cccc(O[C@H](C)C(=O)N/N=C/c2ccccc2Cl)c1. The highest BCUT2D eigenvalue weighted by molar-refractivity contribution is 6.33. The van der Waals surface area contributed by atoms with Gasteiger partial charge in [0.1, 0.15) is 5.75 Å². The molecule has 0 saturated heterocycles. The van der Waals surface area contributed by atoms with Gasteiger partial charge in [-0.2, -0.15) is 5.10 Å². The van der Waals surface area contributed by atoms with Crippen LogP contribution in [0.2, 0.25) is 5.02 Å². The van der Waals surface area contributed by atoms with Crippen LogP contribution in [-0.4, -0.2) is 18.2 Å². The van der Waals surface area contributed by atoms with Crippen LogP contribution in [0.4, 0.5) is 0 Å².